The van der Waals surface area contributed by atoms with Crippen LogP contribution in [0.2, 0.25) is 0 Å². The highest BCUT2D eigenvalue weighted by Gasteiger charge is 2.55. The number of piperidine rings is 3. The van der Waals surface area contributed by atoms with Gasteiger partial charge in [0.05, 0.1) is 17.3 Å². The highest BCUT2D eigenvalue weighted by molar-refractivity contribution is 5.95. The Kier molecular flexibility index (Phi) is 4.05. The summed E-state index contributed by atoms with van der Waals surface area (Å²) in [5.41, 5.74) is 1.68. The molecule has 4 aliphatic heterocycles. The second-order valence-electron chi connectivity index (χ2n) is 8.36. The summed E-state index contributed by atoms with van der Waals surface area (Å²) >= 11 is 0. The highest BCUT2D eigenvalue weighted by atomic mass is 19.2. The van der Waals surface area contributed by atoms with Crippen molar-refractivity contribution in [2.75, 3.05) is 19.6 Å². The van der Waals surface area contributed by atoms with Crippen molar-refractivity contribution < 1.29 is 13.6 Å². The van der Waals surface area contributed by atoms with Crippen molar-refractivity contribution in [1.29, 1.82) is 0 Å². The smallest absolute Gasteiger partial charge is 0.257 e. The van der Waals surface area contributed by atoms with E-state index in [0.29, 0.717) is 29.3 Å². The standard InChI is InChI=1S/C21H24F2N4O/c1-12-15(10-25(2)24-12)21(28)27-11-16(14-4-3-5-17(22)18(14)23)20-19(27)13-6-8-26(20)9-7-13/h3-5,10,13,16,19-20H,6-9,11H2,1-2H3/t16-,19+,20+/m1/s1. The van der Waals surface area contributed by atoms with E-state index in [1.165, 1.54) is 0 Å². The van der Waals surface area contributed by atoms with Crippen LogP contribution in [0, 0.1) is 24.5 Å². The lowest BCUT2D eigenvalue weighted by Crippen LogP contribution is -2.60. The summed E-state index contributed by atoms with van der Waals surface area (Å²) < 4.78 is 30.3. The van der Waals surface area contributed by atoms with Crippen molar-refractivity contribution in [2.24, 2.45) is 13.0 Å². The van der Waals surface area contributed by atoms with Gasteiger partial charge in [-0.15, -0.1) is 0 Å². The van der Waals surface area contributed by atoms with E-state index in [1.807, 2.05) is 11.8 Å². The summed E-state index contributed by atoms with van der Waals surface area (Å²) in [5.74, 6) is -1.45. The van der Waals surface area contributed by atoms with Gasteiger partial charge in [-0.3, -0.25) is 14.4 Å². The first-order valence-corrected chi connectivity index (χ1v) is 9.95. The van der Waals surface area contributed by atoms with E-state index in [9.17, 15) is 13.6 Å². The Labute approximate surface area is 162 Å². The molecular weight excluding hydrogens is 362 g/mol. The number of hydrogen-bond donors (Lipinski definition) is 0. The van der Waals surface area contributed by atoms with Crippen LogP contribution in [0.3, 0.4) is 0 Å². The number of carbonyl (C=O) groups excluding carboxylic acids is 1. The van der Waals surface area contributed by atoms with Crippen LogP contribution >= 0.6 is 0 Å². The molecule has 0 unspecified atom stereocenters. The van der Waals surface area contributed by atoms with Gasteiger partial charge in [0, 0.05) is 31.7 Å². The first-order chi connectivity index (χ1) is 13.5. The van der Waals surface area contributed by atoms with Gasteiger partial charge in [0.1, 0.15) is 0 Å². The average Bonchev–Trinajstić information content (AvgIpc) is 3.26. The van der Waals surface area contributed by atoms with E-state index in [1.54, 1.807) is 30.1 Å². The van der Waals surface area contributed by atoms with E-state index in [0.717, 1.165) is 32.0 Å². The van der Waals surface area contributed by atoms with Crippen LogP contribution in [0.4, 0.5) is 8.78 Å². The summed E-state index contributed by atoms with van der Waals surface area (Å²) in [4.78, 5) is 17.7. The predicted molar refractivity (Wildman–Crippen MR) is 100.0 cm³/mol. The van der Waals surface area contributed by atoms with E-state index in [4.69, 9.17) is 0 Å². The van der Waals surface area contributed by atoms with Crippen LogP contribution in [0.15, 0.2) is 24.4 Å². The van der Waals surface area contributed by atoms with E-state index >= 15 is 0 Å². The van der Waals surface area contributed by atoms with Gasteiger partial charge in [-0.1, -0.05) is 12.1 Å². The molecule has 148 valence electrons. The fraction of sp³-hybridized carbons (Fsp3) is 0.524. The zero-order valence-corrected chi connectivity index (χ0v) is 16.1. The number of benzene rings is 1. The van der Waals surface area contributed by atoms with E-state index in [2.05, 4.69) is 10.00 Å². The first kappa shape index (κ1) is 17.8. The number of halogens is 2. The van der Waals surface area contributed by atoms with Gasteiger partial charge in [0.2, 0.25) is 0 Å². The lowest BCUT2D eigenvalue weighted by molar-refractivity contribution is -0.00361. The van der Waals surface area contributed by atoms with Gasteiger partial charge < -0.3 is 4.90 Å². The molecule has 4 saturated heterocycles. The molecule has 0 saturated carbocycles. The molecule has 3 atom stereocenters. The molecule has 0 radical (unpaired) electrons. The Morgan fingerprint density at radius 2 is 1.93 bits per heavy atom. The lowest BCUT2D eigenvalue weighted by atomic mass is 9.75. The Morgan fingerprint density at radius 3 is 2.61 bits per heavy atom. The van der Waals surface area contributed by atoms with Gasteiger partial charge in [0.15, 0.2) is 11.6 Å². The Bertz CT molecular complexity index is 934. The Hall–Kier alpha value is -2.28. The number of amides is 1. The predicted octanol–water partition coefficient (Wildman–Crippen LogP) is 2.71. The van der Waals surface area contributed by atoms with Gasteiger partial charge in [-0.05, 0) is 50.4 Å². The summed E-state index contributed by atoms with van der Waals surface area (Å²) in [6.45, 7) is 4.18. The third-order valence-electron chi connectivity index (χ3n) is 6.88. The number of hydrogen-bond acceptors (Lipinski definition) is 3. The second-order valence-corrected chi connectivity index (χ2v) is 8.36. The quantitative estimate of drug-likeness (QED) is 0.797. The zero-order chi connectivity index (χ0) is 19.6. The van der Waals surface area contributed by atoms with Crippen molar-refractivity contribution in [3.05, 3.63) is 52.9 Å². The fourth-order valence-corrected chi connectivity index (χ4v) is 5.70. The number of aromatic nitrogens is 2. The minimum Gasteiger partial charge on any atom is -0.333 e. The molecule has 4 fully saturated rings. The van der Waals surface area contributed by atoms with Crippen LogP contribution in [0.5, 0.6) is 0 Å². The topological polar surface area (TPSA) is 41.4 Å². The molecule has 6 rings (SSSR count). The largest absolute Gasteiger partial charge is 0.333 e. The SMILES string of the molecule is Cc1nn(C)cc1C(=O)N1C[C@H](c2cccc(F)c2F)[C@H]2[C@@H]1C1CCN2CC1. The molecule has 5 heterocycles. The number of fused-ring (bicyclic) bond motifs is 2. The lowest BCUT2D eigenvalue weighted by Gasteiger charge is -2.51. The summed E-state index contributed by atoms with van der Waals surface area (Å²) in [7, 11) is 1.80. The molecule has 1 aromatic heterocycles. The minimum absolute atomic E-state index is 0.0438. The molecule has 0 N–H and O–H groups in total. The minimum atomic E-state index is -0.821. The molecule has 28 heavy (non-hydrogen) atoms. The molecule has 4 aliphatic rings. The molecule has 1 aromatic carbocycles. The van der Waals surface area contributed by atoms with Gasteiger partial charge in [-0.25, -0.2) is 8.78 Å². The zero-order valence-electron chi connectivity index (χ0n) is 16.1. The van der Waals surface area contributed by atoms with Crippen LogP contribution < -0.4 is 0 Å². The second kappa shape index (κ2) is 6.37. The van der Waals surface area contributed by atoms with Gasteiger partial charge in [-0.2, -0.15) is 5.10 Å². The van der Waals surface area contributed by atoms with Crippen LogP contribution in [-0.4, -0.2) is 57.2 Å². The molecule has 5 nitrogen and oxygen atoms in total. The average molecular weight is 386 g/mol. The number of carbonyl (C=O) groups is 1. The third-order valence-corrected chi connectivity index (χ3v) is 6.88. The van der Waals surface area contributed by atoms with Crippen molar-refractivity contribution >= 4 is 5.91 Å². The Balaban J connectivity index is 1.57. The molecule has 2 aromatic rings. The first-order valence-electron chi connectivity index (χ1n) is 9.95. The van der Waals surface area contributed by atoms with Crippen LogP contribution in [-0.2, 0) is 7.05 Å². The maximum Gasteiger partial charge on any atom is 0.257 e. The number of aryl methyl sites for hydroxylation is 2. The summed E-state index contributed by atoms with van der Waals surface area (Å²) in [6, 6.07) is 4.48. The maximum absolute atomic E-state index is 14.7. The highest BCUT2D eigenvalue weighted by Crippen LogP contribution is 2.47. The van der Waals surface area contributed by atoms with Gasteiger partial charge >= 0.3 is 0 Å². The molecule has 0 aliphatic carbocycles. The molecule has 2 bridgehead atoms. The van der Waals surface area contributed by atoms with Crippen molar-refractivity contribution in [2.45, 2.75) is 37.8 Å². The van der Waals surface area contributed by atoms with Crippen molar-refractivity contribution in [1.82, 2.24) is 19.6 Å². The fourth-order valence-electron chi connectivity index (χ4n) is 5.70. The van der Waals surface area contributed by atoms with Crippen LogP contribution in [0.25, 0.3) is 0 Å². The molecule has 0 spiro atoms. The molecule has 1 amide bonds. The summed E-state index contributed by atoms with van der Waals surface area (Å²) in [5, 5.41) is 4.31. The van der Waals surface area contributed by atoms with E-state index < -0.39 is 11.6 Å². The third kappa shape index (κ3) is 2.52. The van der Waals surface area contributed by atoms with Gasteiger partial charge in [0.25, 0.3) is 5.91 Å². The molecule has 7 heteroatoms. The van der Waals surface area contributed by atoms with E-state index in [-0.39, 0.29) is 23.9 Å². The molecular formula is C21H24F2N4O. The number of likely N-dealkylation sites (tertiary alicyclic amines) is 1. The number of nitrogens with zero attached hydrogens (tertiary/aromatic N) is 4. The number of rotatable bonds is 2. The Morgan fingerprint density at radius 1 is 1.18 bits per heavy atom. The maximum atomic E-state index is 14.7. The monoisotopic (exact) mass is 386 g/mol. The summed E-state index contributed by atoms with van der Waals surface area (Å²) in [6.07, 6.45) is 3.86. The van der Waals surface area contributed by atoms with Crippen LogP contribution in [0.1, 0.15) is 40.4 Å². The van der Waals surface area contributed by atoms with Crippen molar-refractivity contribution in [3.63, 3.8) is 0 Å². The normalized spacial score (nSPS) is 31.3. The van der Waals surface area contributed by atoms with Crippen molar-refractivity contribution in [3.8, 4) is 0 Å².